The van der Waals surface area contributed by atoms with Crippen LogP contribution in [0.5, 0.6) is 11.5 Å². The lowest BCUT2D eigenvalue weighted by Gasteiger charge is -2.16. The van der Waals surface area contributed by atoms with Gasteiger partial charge in [0.25, 0.3) is 0 Å². The molecule has 0 saturated carbocycles. The van der Waals surface area contributed by atoms with Crippen molar-refractivity contribution in [3.05, 3.63) is 35.9 Å². The van der Waals surface area contributed by atoms with Gasteiger partial charge in [-0.25, -0.2) is 0 Å². The summed E-state index contributed by atoms with van der Waals surface area (Å²) >= 11 is 0. The van der Waals surface area contributed by atoms with Gasteiger partial charge < -0.3 is 9.84 Å². The van der Waals surface area contributed by atoms with Crippen molar-refractivity contribution in [2.45, 2.75) is 6.42 Å². The lowest BCUT2D eigenvalue weighted by atomic mass is 9.99. The first-order valence-corrected chi connectivity index (χ1v) is 4.69. The third-order valence-corrected chi connectivity index (χ3v) is 2.56. The average molecular weight is 200 g/mol. The van der Waals surface area contributed by atoms with Crippen molar-refractivity contribution in [3.8, 4) is 11.5 Å². The Bertz CT molecular complexity index is 572. The summed E-state index contributed by atoms with van der Waals surface area (Å²) in [6, 6.07) is 8.74. The van der Waals surface area contributed by atoms with Crippen molar-refractivity contribution < 1.29 is 14.6 Å². The first-order chi connectivity index (χ1) is 7.24. The monoisotopic (exact) mass is 200 g/mol. The Morgan fingerprint density at radius 3 is 3.00 bits per heavy atom. The number of rotatable bonds is 0. The summed E-state index contributed by atoms with van der Waals surface area (Å²) in [7, 11) is 0. The highest BCUT2D eigenvalue weighted by molar-refractivity contribution is 5.98. The molecule has 0 radical (unpaired) electrons. The molecule has 15 heavy (non-hydrogen) atoms. The normalized spacial score (nSPS) is 14.0. The van der Waals surface area contributed by atoms with Gasteiger partial charge in [-0.05, 0) is 29.1 Å². The first-order valence-electron chi connectivity index (χ1n) is 4.69. The highest BCUT2D eigenvalue weighted by Gasteiger charge is 2.19. The number of aromatic hydroxyl groups is 1. The number of phenols is 1. The summed E-state index contributed by atoms with van der Waals surface area (Å²) in [6.45, 7) is 0. The number of hydrogen-bond acceptors (Lipinski definition) is 3. The molecule has 3 rings (SSSR count). The molecule has 74 valence electrons. The van der Waals surface area contributed by atoms with Crippen LogP contribution < -0.4 is 4.74 Å². The van der Waals surface area contributed by atoms with Crippen LogP contribution in [0.3, 0.4) is 0 Å². The average Bonchev–Trinajstić information content (AvgIpc) is 2.16. The lowest BCUT2D eigenvalue weighted by molar-refractivity contribution is -0.133. The molecule has 0 atom stereocenters. The Kier molecular flexibility index (Phi) is 1.51. The third kappa shape index (κ3) is 1.16. The van der Waals surface area contributed by atoms with E-state index >= 15 is 0 Å². The molecule has 0 aliphatic carbocycles. The Morgan fingerprint density at radius 2 is 2.13 bits per heavy atom. The van der Waals surface area contributed by atoms with E-state index in [1.165, 1.54) is 0 Å². The molecule has 3 nitrogen and oxygen atoms in total. The van der Waals surface area contributed by atoms with Gasteiger partial charge in [0.05, 0.1) is 6.42 Å². The molecule has 0 spiro atoms. The van der Waals surface area contributed by atoms with Crippen molar-refractivity contribution in [1.29, 1.82) is 0 Å². The fourth-order valence-corrected chi connectivity index (χ4v) is 2.00. The van der Waals surface area contributed by atoms with Gasteiger partial charge in [0.1, 0.15) is 11.5 Å². The van der Waals surface area contributed by atoms with Crippen LogP contribution in [0.15, 0.2) is 30.3 Å². The zero-order valence-corrected chi connectivity index (χ0v) is 7.86. The van der Waals surface area contributed by atoms with E-state index in [9.17, 15) is 9.90 Å². The van der Waals surface area contributed by atoms with Crippen LogP contribution in [-0.4, -0.2) is 11.1 Å². The molecule has 0 amide bonds. The smallest absolute Gasteiger partial charge is 0.315 e. The number of esters is 1. The first kappa shape index (κ1) is 8.29. The van der Waals surface area contributed by atoms with Crippen LogP contribution in [0.1, 0.15) is 5.56 Å². The molecule has 0 saturated heterocycles. The molecule has 0 unspecified atom stereocenters. The van der Waals surface area contributed by atoms with E-state index in [1.807, 2.05) is 6.07 Å². The predicted octanol–water partition coefficient (Wildman–Crippen LogP) is 2.01. The van der Waals surface area contributed by atoms with Gasteiger partial charge in [-0.2, -0.15) is 0 Å². The highest BCUT2D eigenvalue weighted by atomic mass is 16.5. The number of hydrogen-bond donors (Lipinski definition) is 1. The Labute approximate surface area is 85.9 Å². The van der Waals surface area contributed by atoms with Gasteiger partial charge in [0.15, 0.2) is 0 Å². The summed E-state index contributed by atoms with van der Waals surface area (Å²) < 4.78 is 5.12. The van der Waals surface area contributed by atoms with Crippen LogP contribution in [0, 0.1) is 0 Å². The van der Waals surface area contributed by atoms with E-state index in [0.29, 0.717) is 5.75 Å². The highest BCUT2D eigenvalue weighted by Crippen LogP contribution is 2.35. The van der Waals surface area contributed by atoms with E-state index < -0.39 is 0 Å². The van der Waals surface area contributed by atoms with Crippen molar-refractivity contribution in [2.75, 3.05) is 0 Å². The van der Waals surface area contributed by atoms with Crippen LogP contribution in [-0.2, 0) is 11.2 Å². The second-order valence-electron chi connectivity index (χ2n) is 3.61. The molecule has 1 aliphatic rings. The summed E-state index contributed by atoms with van der Waals surface area (Å²) in [5, 5.41) is 11.3. The lowest BCUT2D eigenvalue weighted by Crippen LogP contribution is -2.16. The van der Waals surface area contributed by atoms with Gasteiger partial charge in [0, 0.05) is 5.39 Å². The van der Waals surface area contributed by atoms with E-state index in [1.54, 1.807) is 24.3 Å². The van der Waals surface area contributed by atoms with Gasteiger partial charge in [-0.15, -0.1) is 0 Å². The van der Waals surface area contributed by atoms with Crippen LogP contribution in [0.2, 0.25) is 0 Å². The van der Waals surface area contributed by atoms with Crippen LogP contribution in [0.4, 0.5) is 0 Å². The fourth-order valence-electron chi connectivity index (χ4n) is 2.00. The van der Waals surface area contributed by atoms with Gasteiger partial charge in [-0.1, -0.05) is 12.1 Å². The Hall–Kier alpha value is -2.03. The van der Waals surface area contributed by atoms with Crippen LogP contribution >= 0.6 is 0 Å². The maximum Gasteiger partial charge on any atom is 0.315 e. The van der Waals surface area contributed by atoms with Crippen molar-refractivity contribution in [3.63, 3.8) is 0 Å². The summed E-state index contributed by atoms with van der Waals surface area (Å²) in [5.41, 5.74) is 0.830. The zero-order chi connectivity index (χ0) is 10.4. The molecular formula is C12H8O3. The fraction of sp³-hybridized carbons (Fsp3) is 0.0833. The standard InChI is InChI=1S/C12H8O3/c13-9-4-7-2-1-3-10-12(7)8(5-9)6-11(14)15-10/h1-5,13H,6H2. The number of carbonyl (C=O) groups excluding carboxylic acids is 1. The third-order valence-electron chi connectivity index (χ3n) is 2.56. The molecule has 0 bridgehead atoms. The topological polar surface area (TPSA) is 46.5 Å². The molecule has 1 aliphatic heterocycles. The van der Waals surface area contributed by atoms with Crippen molar-refractivity contribution >= 4 is 16.7 Å². The molecule has 1 N–H and O–H groups in total. The van der Waals surface area contributed by atoms with Crippen LogP contribution in [0.25, 0.3) is 10.8 Å². The number of ether oxygens (including phenoxy) is 1. The molecule has 3 heteroatoms. The molecular weight excluding hydrogens is 192 g/mol. The summed E-state index contributed by atoms with van der Waals surface area (Å²) in [5.74, 6) is 0.490. The maximum atomic E-state index is 11.3. The number of benzene rings is 2. The van der Waals surface area contributed by atoms with Gasteiger partial charge in [0.2, 0.25) is 0 Å². The zero-order valence-electron chi connectivity index (χ0n) is 7.86. The predicted molar refractivity (Wildman–Crippen MR) is 55.0 cm³/mol. The molecule has 2 aromatic rings. The van der Waals surface area contributed by atoms with Crippen molar-refractivity contribution in [1.82, 2.24) is 0 Å². The largest absolute Gasteiger partial charge is 0.508 e. The second kappa shape index (κ2) is 2.73. The molecule has 0 aromatic heterocycles. The molecule has 1 heterocycles. The molecule has 2 aromatic carbocycles. The second-order valence-corrected chi connectivity index (χ2v) is 3.61. The SMILES string of the molecule is O=C1Cc2cc(O)cc3cccc(c23)O1. The minimum atomic E-state index is -0.277. The van der Waals surface area contributed by atoms with E-state index in [4.69, 9.17) is 4.74 Å². The maximum absolute atomic E-state index is 11.3. The Morgan fingerprint density at radius 1 is 1.27 bits per heavy atom. The van der Waals surface area contributed by atoms with Gasteiger partial charge in [-0.3, -0.25) is 4.79 Å². The quantitative estimate of drug-likeness (QED) is 0.522. The number of phenolic OH excluding ortho intramolecular Hbond substituents is 1. The van der Waals surface area contributed by atoms with E-state index in [2.05, 4.69) is 0 Å². The number of carbonyl (C=O) groups is 1. The Balaban J connectivity index is 2.45. The minimum absolute atomic E-state index is 0.185. The summed E-state index contributed by atoms with van der Waals surface area (Å²) in [4.78, 5) is 11.3. The van der Waals surface area contributed by atoms with E-state index in [-0.39, 0.29) is 18.1 Å². The van der Waals surface area contributed by atoms with Crippen molar-refractivity contribution in [2.24, 2.45) is 0 Å². The summed E-state index contributed by atoms with van der Waals surface area (Å²) in [6.07, 6.45) is 0.224. The van der Waals surface area contributed by atoms with E-state index in [0.717, 1.165) is 16.3 Å². The van der Waals surface area contributed by atoms with Gasteiger partial charge >= 0.3 is 5.97 Å². The minimum Gasteiger partial charge on any atom is -0.508 e. The molecule has 0 fully saturated rings.